The summed E-state index contributed by atoms with van der Waals surface area (Å²) in [6.45, 7) is 0.282. The number of carbonyl (C=O) groups is 1. The molecule has 1 aromatic heterocycles. The summed E-state index contributed by atoms with van der Waals surface area (Å²) in [5, 5.41) is 5.36. The molecule has 0 aliphatic rings. The molecular weight excluding hydrogens is 332 g/mol. The van der Waals surface area contributed by atoms with Crippen molar-refractivity contribution in [3.05, 3.63) is 108 Å². The number of hydrogen-bond acceptors (Lipinski definition) is 1. The normalized spacial score (nSPS) is 10.7. The van der Waals surface area contributed by atoms with E-state index in [1.54, 1.807) is 0 Å². The second-order valence-electron chi connectivity index (χ2n) is 6.61. The predicted molar refractivity (Wildman–Crippen MR) is 108 cm³/mol. The van der Waals surface area contributed by atoms with E-state index in [0.717, 1.165) is 23.1 Å². The zero-order chi connectivity index (χ0) is 18.5. The average molecular weight is 353 g/mol. The zero-order valence-electron chi connectivity index (χ0n) is 15.0. The van der Waals surface area contributed by atoms with E-state index >= 15 is 0 Å². The lowest BCUT2D eigenvalue weighted by molar-refractivity contribution is -0.682. The first kappa shape index (κ1) is 17.0. The van der Waals surface area contributed by atoms with Gasteiger partial charge in [-0.2, -0.15) is 4.57 Å². The summed E-state index contributed by atoms with van der Waals surface area (Å²) in [7, 11) is 0. The highest BCUT2D eigenvalue weighted by Crippen LogP contribution is 2.19. The summed E-state index contributed by atoms with van der Waals surface area (Å²) < 4.78 is 1.91. The van der Waals surface area contributed by atoms with Crippen molar-refractivity contribution >= 4 is 22.4 Å². The van der Waals surface area contributed by atoms with Crippen LogP contribution >= 0.6 is 0 Å². The van der Waals surface area contributed by atoms with Gasteiger partial charge in [-0.05, 0) is 35.1 Å². The molecule has 27 heavy (non-hydrogen) atoms. The number of hydrogen-bond donors (Lipinski definition) is 1. The Labute approximate surface area is 158 Å². The molecule has 3 nitrogen and oxygen atoms in total. The molecule has 0 saturated carbocycles. The van der Waals surface area contributed by atoms with Gasteiger partial charge in [0.2, 0.25) is 6.54 Å². The molecule has 0 aliphatic carbocycles. The molecule has 0 atom stereocenters. The molecule has 0 bridgehead atoms. The monoisotopic (exact) mass is 353 g/mol. The fourth-order valence-electron chi connectivity index (χ4n) is 3.24. The lowest BCUT2D eigenvalue weighted by Crippen LogP contribution is -2.39. The van der Waals surface area contributed by atoms with Crippen molar-refractivity contribution < 1.29 is 9.36 Å². The zero-order valence-corrected chi connectivity index (χ0v) is 15.0. The molecule has 0 unspecified atom stereocenters. The fraction of sp³-hybridized carbons (Fsp3) is 0.0833. The molecule has 4 aromatic rings. The molecule has 0 spiro atoms. The van der Waals surface area contributed by atoms with Gasteiger partial charge >= 0.3 is 0 Å². The Morgan fingerprint density at radius 1 is 0.778 bits per heavy atom. The molecule has 0 fully saturated rings. The number of para-hydroxylation sites is 1. The lowest BCUT2D eigenvalue weighted by atomic mass is 10.0. The largest absolute Gasteiger partial charge is 0.320 e. The van der Waals surface area contributed by atoms with Crippen molar-refractivity contribution in [1.29, 1.82) is 0 Å². The van der Waals surface area contributed by atoms with Crippen LogP contribution in [0.5, 0.6) is 0 Å². The van der Waals surface area contributed by atoms with Crippen molar-refractivity contribution in [3.8, 4) is 0 Å². The van der Waals surface area contributed by atoms with Crippen molar-refractivity contribution in [3.63, 3.8) is 0 Å². The van der Waals surface area contributed by atoms with E-state index in [0.29, 0.717) is 0 Å². The number of fused-ring (bicyclic) bond motifs is 1. The SMILES string of the molecule is O=C(C[n+]1ccc2ccccc2c1)Nc1ccccc1Cc1ccccc1. The van der Waals surface area contributed by atoms with Crippen LogP contribution in [-0.4, -0.2) is 5.91 Å². The van der Waals surface area contributed by atoms with Gasteiger partial charge in [-0.15, -0.1) is 0 Å². The van der Waals surface area contributed by atoms with Gasteiger partial charge < -0.3 is 5.32 Å². The number of carbonyl (C=O) groups excluding carboxylic acids is 1. The van der Waals surface area contributed by atoms with E-state index in [9.17, 15) is 4.79 Å². The first-order chi connectivity index (χ1) is 13.3. The maximum absolute atomic E-state index is 12.6. The molecule has 3 heteroatoms. The summed E-state index contributed by atoms with van der Waals surface area (Å²) in [6.07, 6.45) is 4.74. The average Bonchev–Trinajstić information content (AvgIpc) is 2.70. The summed E-state index contributed by atoms with van der Waals surface area (Å²) in [6, 6.07) is 28.4. The van der Waals surface area contributed by atoms with Gasteiger partial charge in [0.05, 0.1) is 0 Å². The minimum atomic E-state index is -0.0317. The minimum Gasteiger partial charge on any atom is -0.320 e. The number of aromatic nitrogens is 1. The first-order valence-corrected chi connectivity index (χ1v) is 9.07. The van der Waals surface area contributed by atoms with Crippen LogP contribution in [0, 0.1) is 0 Å². The van der Waals surface area contributed by atoms with E-state index in [1.165, 1.54) is 10.9 Å². The van der Waals surface area contributed by atoms with Gasteiger partial charge in [-0.3, -0.25) is 4.79 Å². The Morgan fingerprint density at radius 3 is 2.33 bits per heavy atom. The van der Waals surface area contributed by atoms with Crippen LogP contribution in [0.3, 0.4) is 0 Å². The third-order valence-corrected chi connectivity index (χ3v) is 4.60. The number of benzene rings is 3. The number of anilines is 1. The summed E-state index contributed by atoms with van der Waals surface area (Å²) in [5.41, 5.74) is 3.21. The van der Waals surface area contributed by atoms with Crippen LogP contribution < -0.4 is 9.88 Å². The van der Waals surface area contributed by atoms with Crippen LogP contribution in [0.1, 0.15) is 11.1 Å². The fourth-order valence-corrected chi connectivity index (χ4v) is 3.24. The molecule has 3 aromatic carbocycles. The minimum absolute atomic E-state index is 0.0317. The van der Waals surface area contributed by atoms with Crippen LogP contribution in [0.4, 0.5) is 5.69 Å². The molecule has 0 aliphatic heterocycles. The van der Waals surface area contributed by atoms with Crippen molar-refractivity contribution in [2.45, 2.75) is 13.0 Å². The highest BCUT2D eigenvalue weighted by molar-refractivity contribution is 5.90. The van der Waals surface area contributed by atoms with E-state index in [4.69, 9.17) is 0 Å². The van der Waals surface area contributed by atoms with E-state index in [-0.39, 0.29) is 12.5 Å². The standard InChI is InChI=1S/C24H20N2O/c27-24(18-26-15-14-20-10-4-5-12-22(20)17-26)25-23-13-7-6-11-21(23)16-19-8-2-1-3-9-19/h1-15,17H,16,18H2/p+1. The van der Waals surface area contributed by atoms with Crippen molar-refractivity contribution in [2.24, 2.45) is 0 Å². The van der Waals surface area contributed by atoms with E-state index in [1.807, 2.05) is 71.6 Å². The molecule has 1 amide bonds. The van der Waals surface area contributed by atoms with Crippen LogP contribution in [-0.2, 0) is 17.8 Å². The van der Waals surface area contributed by atoms with Gasteiger partial charge in [0.25, 0.3) is 5.91 Å². The number of nitrogens with zero attached hydrogens (tertiary/aromatic N) is 1. The molecule has 1 heterocycles. The second kappa shape index (κ2) is 7.83. The van der Waals surface area contributed by atoms with Crippen LogP contribution in [0.25, 0.3) is 10.8 Å². The van der Waals surface area contributed by atoms with Gasteiger partial charge in [0.15, 0.2) is 12.4 Å². The third kappa shape index (κ3) is 4.21. The molecule has 4 rings (SSSR count). The van der Waals surface area contributed by atoms with Crippen LogP contribution in [0.2, 0.25) is 0 Å². The summed E-state index contributed by atoms with van der Waals surface area (Å²) in [4.78, 5) is 12.6. The number of amides is 1. The topological polar surface area (TPSA) is 33.0 Å². The lowest BCUT2D eigenvalue weighted by Gasteiger charge is -2.10. The Hall–Kier alpha value is -3.46. The number of pyridine rings is 1. The Bertz CT molecular complexity index is 1070. The molecule has 1 N–H and O–H groups in total. The Balaban J connectivity index is 1.49. The van der Waals surface area contributed by atoms with Gasteiger partial charge in [-0.1, -0.05) is 66.7 Å². The van der Waals surface area contributed by atoms with Gasteiger partial charge in [0.1, 0.15) is 0 Å². The van der Waals surface area contributed by atoms with E-state index in [2.05, 4.69) is 35.6 Å². The number of nitrogens with one attached hydrogen (secondary N) is 1. The highest BCUT2D eigenvalue weighted by atomic mass is 16.1. The van der Waals surface area contributed by atoms with Crippen LogP contribution in [0.15, 0.2) is 97.3 Å². The third-order valence-electron chi connectivity index (χ3n) is 4.60. The predicted octanol–water partition coefficient (Wildman–Crippen LogP) is 4.36. The van der Waals surface area contributed by atoms with Gasteiger partial charge in [-0.25, -0.2) is 0 Å². The molecule has 0 saturated heterocycles. The van der Waals surface area contributed by atoms with Crippen molar-refractivity contribution in [2.75, 3.05) is 5.32 Å². The summed E-state index contributed by atoms with van der Waals surface area (Å²) >= 11 is 0. The Morgan fingerprint density at radius 2 is 1.48 bits per heavy atom. The van der Waals surface area contributed by atoms with Gasteiger partial charge in [0, 0.05) is 17.1 Å². The smallest absolute Gasteiger partial charge is 0.290 e. The molecular formula is C24H21N2O+. The maximum atomic E-state index is 12.6. The summed E-state index contributed by atoms with van der Waals surface area (Å²) in [5.74, 6) is -0.0317. The maximum Gasteiger partial charge on any atom is 0.290 e. The van der Waals surface area contributed by atoms with E-state index < -0.39 is 0 Å². The number of rotatable bonds is 5. The molecule has 132 valence electrons. The van der Waals surface area contributed by atoms with Crippen molar-refractivity contribution in [1.82, 2.24) is 0 Å². The first-order valence-electron chi connectivity index (χ1n) is 9.07. The second-order valence-corrected chi connectivity index (χ2v) is 6.61. The Kier molecular flexibility index (Phi) is 4.93. The highest BCUT2D eigenvalue weighted by Gasteiger charge is 2.12. The molecule has 0 radical (unpaired) electrons. The quantitative estimate of drug-likeness (QED) is 0.532.